The van der Waals surface area contributed by atoms with Crippen LogP contribution in [0.15, 0.2) is 18.2 Å². The SMILES string of the molecule is COC(=O)COc1ccc(Cl)cc1I. The molecule has 0 aliphatic heterocycles. The van der Waals surface area contributed by atoms with Gasteiger partial charge in [0.25, 0.3) is 0 Å². The summed E-state index contributed by atoms with van der Waals surface area (Å²) in [6, 6.07) is 5.18. The maximum absolute atomic E-state index is 10.8. The highest BCUT2D eigenvalue weighted by Gasteiger charge is 2.05. The highest BCUT2D eigenvalue weighted by atomic mass is 127. The lowest BCUT2D eigenvalue weighted by molar-refractivity contribution is -0.142. The molecule has 0 radical (unpaired) electrons. The van der Waals surface area contributed by atoms with Crippen molar-refractivity contribution in [3.8, 4) is 5.75 Å². The van der Waals surface area contributed by atoms with Crippen LogP contribution in [-0.2, 0) is 9.53 Å². The molecule has 1 aromatic carbocycles. The highest BCUT2D eigenvalue weighted by Crippen LogP contribution is 2.24. The molecule has 0 heterocycles. The van der Waals surface area contributed by atoms with Gasteiger partial charge in [-0.25, -0.2) is 4.79 Å². The molecule has 0 atom stereocenters. The molecule has 1 rings (SSSR count). The second kappa shape index (κ2) is 5.41. The van der Waals surface area contributed by atoms with Crippen LogP contribution in [0.5, 0.6) is 5.75 Å². The third-order valence-corrected chi connectivity index (χ3v) is 2.55. The van der Waals surface area contributed by atoms with Gasteiger partial charge in [-0.05, 0) is 40.8 Å². The molecule has 0 amide bonds. The summed E-state index contributed by atoms with van der Waals surface area (Å²) in [5.41, 5.74) is 0. The van der Waals surface area contributed by atoms with Crippen LogP contribution in [0.2, 0.25) is 5.02 Å². The standard InChI is InChI=1S/C9H8ClIO3/c1-13-9(12)5-14-8-3-2-6(10)4-7(8)11/h2-4H,5H2,1H3. The molecule has 0 aliphatic rings. The lowest BCUT2D eigenvalue weighted by atomic mass is 10.3. The van der Waals surface area contributed by atoms with Crippen molar-refractivity contribution in [1.29, 1.82) is 0 Å². The van der Waals surface area contributed by atoms with Crippen LogP contribution >= 0.6 is 34.2 Å². The number of benzene rings is 1. The van der Waals surface area contributed by atoms with Crippen LogP contribution in [0.25, 0.3) is 0 Å². The summed E-state index contributed by atoms with van der Waals surface area (Å²) in [6.07, 6.45) is 0. The van der Waals surface area contributed by atoms with Gasteiger partial charge in [-0.2, -0.15) is 0 Å². The predicted octanol–water partition coefficient (Wildman–Crippen LogP) is 2.50. The lowest BCUT2D eigenvalue weighted by Gasteiger charge is -2.06. The molecule has 0 spiro atoms. The monoisotopic (exact) mass is 326 g/mol. The Hall–Kier alpha value is -0.490. The Balaban J connectivity index is 2.63. The molecule has 0 N–H and O–H groups in total. The molecule has 0 unspecified atom stereocenters. The predicted molar refractivity (Wildman–Crippen MR) is 61.7 cm³/mol. The van der Waals surface area contributed by atoms with E-state index in [2.05, 4.69) is 27.3 Å². The van der Waals surface area contributed by atoms with E-state index in [-0.39, 0.29) is 6.61 Å². The average molecular weight is 327 g/mol. The Bertz CT molecular complexity index is 341. The topological polar surface area (TPSA) is 35.5 Å². The first-order valence-electron chi connectivity index (χ1n) is 3.78. The van der Waals surface area contributed by atoms with Crippen LogP contribution in [0.1, 0.15) is 0 Å². The van der Waals surface area contributed by atoms with E-state index in [9.17, 15) is 4.79 Å². The zero-order chi connectivity index (χ0) is 10.6. The van der Waals surface area contributed by atoms with Gasteiger partial charge in [0.05, 0.1) is 10.7 Å². The molecular formula is C9H8ClIO3. The fourth-order valence-corrected chi connectivity index (χ4v) is 1.82. The van der Waals surface area contributed by atoms with Crippen LogP contribution in [0.3, 0.4) is 0 Å². The normalized spacial score (nSPS) is 9.64. The van der Waals surface area contributed by atoms with Gasteiger partial charge in [0.2, 0.25) is 0 Å². The van der Waals surface area contributed by atoms with Crippen molar-refractivity contribution < 1.29 is 14.3 Å². The van der Waals surface area contributed by atoms with Gasteiger partial charge in [-0.3, -0.25) is 0 Å². The van der Waals surface area contributed by atoms with Gasteiger partial charge in [0.1, 0.15) is 5.75 Å². The molecule has 14 heavy (non-hydrogen) atoms. The fourth-order valence-electron chi connectivity index (χ4n) is 0.788. The van der Waals surface area contributed by atoms with Gasteiger partial charge >= 0.3 is 5.97 Å². The number of carbonyl (C=O) groups is 1. The van der Waals surface area contributed by atoms with E-state index in [1.165, 1.54) is 7.11 Å². The molecule has 3 nitrogen and oxygen atoms in total. The van der Waals surface area contributed by atoms with Crippen molar-refractivity contribution in [1.82, 2.24) is 0 Å². The number of rotatable bonds is 3. The number of hydrogen-bond donors (Lipinski definition) is 0. The van der Waals surface area contributed by atoms with Gasteiger partial charge in [0.15, 0.2) is 6.61 Å². The molecule has 5 heteroatoms. The number of methoxy groups -OCH3 is 1. The molecule has 0 saturated heterocycles. The van der Waals surface area contributed by atoms with E-state index in [1.807, 2.05) is 0 Å². The third kappa shape index (κ3) is 3.34. The number of halogens is 2. The highest BCUT2D eigenvalue weighted by molar-refractivity contribution is 14.1. The van der Waals surface area contributed by atoms with Gasteiger partial charge in [-0.15, -0.1) is 0 Å². The zero-order valence-corrected chi connectivity index (χ0v) is 10.3. The molecule has 0 fully saturated rings. The van der Waals surface area contributed by atoms with Crippen molar-refractivity contribution in [3.05, 3.63) is 26.8 Å². The van der Waals surface area contributed by atoms with Gasteiger partial charge in [-0.1, -0.05) is 11.6 Å². The minimum Gasteiger partial charge on any atom is -0.481 e. The summed E-state index contributed by atoms with van der Waals surface area (Å²) in [5.74, 6) is 0.219. The molecule has 1 aromatic rings. The van der Waals surface area contributed by atoms with E-state index in [0.29, 0.717) is 10.8 Å². The maximum Gasteiger partial charge on any atom is 0.343 e. The Kier molecular flexibility index (Phi) is 4.47. The maximum atomic E-state index is 10.8. The van der Waals surface area contributed by atoms with Crippen molar-refractivity contribution in [3.63, 3.8) is 0 Å². The Morgan fingerprint density at radius 3 is 2.86 bits per heavy atom. The Morgan fingerprint density at radius 2 is 2.29 bits per heavy atom. The summed E-state index contributed by atoms with van der Waals surface area (Å²) in [4.78, 5) is 10.8. The minimum atomic E-state index is -0.407. The van der Waals surface area contributed by atoms with Crippen LogP contribution in [0, 0.1) is 3.57 Å². The second-order valence-electron chi connectivity index (χ2n) is 2.44. The number of hydrogen-bond acceptors (Lipinski definition) is 3. The van der Waals surface area contributed by atoms with E-state index in [4.69, 9.17) is 16.3 Å². The summed E-state index contributed by atoms with van der Waals surface area (Å²) >= 11 is 7.84. The zero-order valence-electron chi connectivity index (χ0n) is 7.42. The van der Waals surface area contributed by atoms with E-state index >= 15 is 0 Å². The number of ether oxygens (including phenoxy) is 2. The minimum absolute atomic E-state index is 0.0892. The quantitative estimate of drug-likeness (QED) is 0.632. The molecule has 76 valence electrons. The van der Waals surface area contributed by atoms with Gasteiger partial charge in [0, 0.05) is 5.02 Å². The fraction of sp³-hybridized carbons (Fsp3) is 0.222. The van der Waals surface area contributed by atoms with E-state index in [1.54, 1.807) is 18.2 Å². The van der Waals surface area contributed by atoms with Crippen molar-refractivity contribution in [2.45, 2.75) is 0 Å². The van der Waals surface area contributed by atoms with Gasteiger partial charge < -0.3 is 9.47 Å². The first-order chi connectivity index (χ1) is 6.63. The summed E-state index contributed by atoms with van der Waals surface area (Å²) < 4.78 is 10.5. The molecule has 0 aromatic heterocycles. The first kappa shape index (κ1) is 11.6. The summed E-state index contributed by atoms with van der Waals surface area (Å²) in [5, 5.41) is 0.639. The van der Waals surface area contributed by atoms with Crippen molar-refractivity contribution in [2.24, 2.45) is 0 Å². The largest absolute Gasteiger partial charge is 0.481 e. The first-order valence-corrected chi connectivity index (χ1v) is 5.24. The molecule has 0 saturated carbocycles. The Morgan fingerprint density at radius 1 is 1.57 bits per heavy atom. The smallest absolute Gasteiger partial charge is 0.343 e. The van der Waals surface area contributed by atoms with Crippen molar-refractivity contribution in [2.75, 3.05) is 13.7 Å². The number of esters is 1. The number of carbonyl (C=O) groups excluding carboxylic acids is 1. The summed E-state index contributed by atoms with van der Waals surface area (Å²) in [6.45, 7) is -0.0892. The van der Waals surface area contributed by atoms with Crippen LogP contribution < -0.4 is 4.74 Å². The van der Waals surface area contributed by atoms with E-state index in [0.717, 1.165) is 3.57 Å². The molecular weight excluding hydrogens is 318 g/mol. The van der Waals surface area contributed by atoms with E-state index < -0.39 is 5.97 Å². The summed E-state index contributed by atoms with van der Waals surface area (Å²) in [7, 11) is 1.32. The van der Waals surface area contributed by atoms with Crippen LogP contribution in [0.4, 0.5) is 0 Å². The second-order valence-corrected chi connectivity index (χ2v) is 4.04. The molecule has 0 bridgehead atoms. The lowest BCUT2D eigenvalue weighted by Crippen LogP contribution is -2.12. The average Bonchev–Trinajstić information content (AvgIpc) is 2.16. The Labute approximate surface area is 100 Å². The molecule has 0 aliphatic carbocycles. The van der Waals surface area contributed by atoms with Crippen LogP contribution in [-0.4, -0.2) is 19.7 Å². The third-order valence-electron chi connectivity index (χ3n) is 1.47. The van der Waals surface area contributed by atoms with Crippen molar-refractivity contribution >= 4 is 40.2 Å².